The first kappa shape index (κ1) is 11.4. The fourth-order valence-corrected chi connectivity index (χ4v) is 1.41. The van der Waals surface area contributed by atoms with Crippen molar-refractivity contribution < 1.29 is 24.6 Å². The lowest BCUT2D eigenvalue weighted by Gasteiger charge is -2.32. The molecule has 1 aliphatic rings. The third-order valence-corrected chi connectivity index (χ3v) is 2.08. The molecular weight excluding hydrogens is 204 g/mol. The third-order valence-electron chi connectivity index (χ3n) is 2.08. The van der Waals surface area contributed by atoms with E-state index in [0.717, 1.165) is 0 Å². The zero-order chi connectivity index (χ0) is 11.4. The Morgan fingerprint density at radius 3 is 2.20 bits per heavy atom. The van der Waals surface area contributed by atoms with Gasteiger partial charge < -0.3 is 15.1 Å². The van der Waals surface area contributed by atoms with Gasteiger partial charge in [0.15, 0.2) is 0 Å². The second-order valence-electron chi connectivity index (χ2n) is 3.31. The number of hydrogen-bond donors (Lipinski definition) is 2. The number of amides is 1. The van der Waals surface area contributed by atoms with Crippen LogP contribution in [0.15, 0.2) is 0 Å². The highest BCUT2D eigenvalue weighted by atomic mass is 16.4. The maximum Gasteiger partial charge on any atom is 0.323 e. The Balaban J connectivity index is 2.44. The number of hydrogen-bond acceptors (Lipinski definition) is 4. The van der Waals surface area contributed by atoms with Crippen molar-refractivity contribution in [3.05, 3.63) is 0 Å². The second kappa shape index (κ2) is 4.74. The molecule has 7 nitrogen and oxygen atoms in total. The quantitative estimate of drug-likeness (QED) is 0.581. The summed E-state index contributed by atoms with van der Waals surface area (Å²) in [6.07, 6.45) is 0. The summed E-state index contributed by atoms with van der Waals surface area (Å²) in [5, 5.41) is 17.0. The average Bonchev–Trinajstić information content (AvgIpc) is 2.08. The van der Waals surface area contributed by atoms with Gasteiger partial charge >= 0.3 is 11.9 Å². The van der Waals surface area contributed by atoms with Crippen molar-refractivity contribution in [2.24, 2.45) is 0 Å². The normalized spacial score (nSPS) is 17.9. The van der Waals surface area contributed by atoms with E-state index < -0.39 is 11.9 Å². The maximum atomic E-state index is 11.3. The molecule has 15 heavy (non-hydrogen) atoms. The Bertz CT molecular complexity index is 291. The van der Waals surface area contributed by atoms with Gasteiger partial charge in [0, 0.05) is 13.1 Å². The number of nitrogens with zero attached hydrogens (tertiary/aromatic N) is 2. The Hall–Kier alpha value is -1.63. The van der Waals surface area contributed by atoms with Crippen LogP contribution in [0.25, 0.3) is 0 Å². The molecule has 0 aromatic carbocycles. The van der Waals surface area contributed by atoms with Crippen LogP contribution in [0, 0.1) is 0 Å². The van der Waals surface area contributed by atoms with Gasteiger partial charge in [0.05, 0.1) is 13.1 Å². The van der Waals surface area contributed by atoms with Gasteiger partial charge in [-0.1, -0.05) is 0 Å². The first-order chi connectivity index (χ1) is 6.99. The van der Waals surface area contributed by atoms with Crippen LogP contribution in [-0.4, -0.2) is 70.6 Å². The number of piperazine rings is 1. The van der Waals surface area contributed by atoms with Crippen molar-refractivity contribution in [1.82, 2.24) is 9.80 Å². The highest BCUT2D eigenvalue weighted by Crippen LogP contribution is 2.02. The molecule has 0 spiro atoms. The van der Waals surface area contributed by atoms with Crippen LogP contribution in [0.2, 0.25) is 0 Å². The standard InChI is InChI=1S/C8H12N2O5/c11-6-3-9(4-7(12)13)1-2-10(6)5-8(14)15/h1-5H2,(H,12,13)(H,14,15). The van der Waals surface area contributed by atoms with Gasteiger partial charge in [0.2, 0.25) is 5.91 Å². The summed E-state index contributed by atoms with van der Waals surface area (Å²) in [6, 6.07) is 0. The molecule has 2 N–H and O–H groups in total. The molecule has 1 saturated heterocycles. The van der Waals surface area contributed by atoms with Crippen LogP contribution in [0.1, 0.15) is 0 Å². The van der Waals surface area contributed by atoms with Gasteiger partial charge in [-0.05, 0) is 0 Å². The molecule has 1 heterocycles. The molecule has 0 radical (unpaired) electrons. The summed E-state index contributed by atoms with van der Waals surface area (Å²) in [6.45, 7) is 0.121. The van der Waals surface area contributed by atoms with Gasteiger partial charge in [-0.3, -0.25) is 19.3 Å². The molecular formula is C8H12N2O5. The van der Waals surface area contributed by atoms with Gasteiger partial charge in [-0.25, -0.2) is 0 Å². The van der Waals surface area contributed by atoms with Crippen LogP contribution in [0.3, 0.4) is 0 Å². The Labute approximate surface area is 85.9 Å². The first-order valence-electron chi connectivity index (χ1n) is 4.42. The SMILES string of the molecule is O=C(O)CN1CCN(CC(=O)O)C(=O)C1. The number of carbonyl (C=O) groups excluding carboxylic acids is 1. The summed E-state index contributed by atoms with van der Waals surface area (Å²) in [7, 11) is 0. The molecule has 1 fully saturated rings. The molecule has 0 unspecified atom stereocenters. The molecule has 0 atom stereocenters. The summed E-state index contributed by atoms with van der Waals surface area (Å²) < 4.78 is 0. The Morgan fingerprint density at radius 1 is 1.13 bits per heavy atom. The summed E-state index contributed by atoms with van der Waals surface area (Å²) in [4.78, 5) is 34.8. The number of carboxylic acid groups (broad SMARTS) is 2. The lowest BCUT2D eigenvalue weighted by Crippen LogP contribution is -2.52. The molecule has 1 aliphatic heterocycles. The number of aliphatic carboxylic acids is 2. The largest absolute Gasteiger partial charge is 0.480 e. The van der Waals surface area contributed by atoms with E-state index >= 15 is 0 Å². The Morgan fingerprint density at radius 2 is 1.73 bits per heavy atom. The monoisotopic (exact) mass is 216 g/mol. The van der Waals surface area contributed by atoms with E-state index in [2.05, 4.69) is 0 Å². The molecule has 0 bridgehead atoms. The van der Waals surface area contributed by atoms with E-state index in [1.165, 1.54) is 9.80 Å². The third kappa shape index (κ3) is 3.55. The fourth-order valence-electron chi connectivity index (χ4n) is 1.41. The summed E-state index contributed by atoms with van der Waals surface area (Å²) in [5.74, 6) is -2.39. The number of carbonyl (C=O) groups is 3. The number of rotatable bonds is 4. The van der Waals surface area contributed by atoms with Gasteiger partial charge in [-0.15, -0.1) is 0 Å². The van der Waals surface area contributed by atoms with E-state index in [-0.39, 0.29) is 32.1 Å². The van der Waals surface area contributed by atoms with Gasteiger partial charge in [0.25, 0.3) is 0 Å². The van der Waals surface area contributed by atoms with Crippen molar-refractivity contribution in [3.8, 4) is 0 Å². The van der Waals surface area contributed by atoms with Crippen LogP contribution in [0.5, 0.6) is 0 Å². The van der Waals surface area contributed by atoms with E-state index in [1.54, 1.807) is 0 Å². The summed E-state index contributed by atoms with van der Waals surface area (Å²) in [5.41, 5.74) is 0. The van der Waals surface area contributed by atoms with Crippen LogP contribution in [0.4, 0.5) is 0 Å². The topological polar surface area (TPSA) is 98.2 Å². The van der Waals surface area contributed by atoms with Crippen molar-refractivity contribution in [1.29, 1.82) is 0 Å². The van der Waals surface area contributed by atoms with E-state index in [1.807, 2.05) is 0 Å². The minimum Gasteiger partial charge on any atom is -0.480 e. The predicted molar refractivity (Wildman–Crippen MR) is 48.3 cm³/mol. The highest BCUT2D eigenvalue weighted by Gasteiger charge is 2.26. The zero-order valence-electron chi connectivity index (χ0n) is 8.05. The second-order valence-corrected chi connectivity index (χ2v) is 3.31. The van der Waals surface area contributed by atoms with Gasteiger partial charge in [-0.2, -0.15) is 0 Å². The zero-order valence-corrected chi connectivity index (χ0v) is 8.05. The van der Waals surface area contributed by atoms with Crippen molar-refractivity contribution >= 4 is 17.8 Å². The molecule has 1 amide bonds. The lowest BCUT2D eigenvalue weighted by molar-refractivity contribution is -0.148. The molecule has 84 valence electrons. The van der Waals surface area contributed by atoms with Crippen LogP contribution in [-0.2, 0) is 14.4 Å². The Kier molecular flexibility index (Phi) is 3.62. The van der Waals surface area contributed by atoms with E-state index in [4.69, 9.17) is 10.2 Å². The molecule has 0 aromatic heterocycles. The lowest BCUT2D eigenvalue weighted by atomic mass is 10.3. The van der Waals surface area contributed by atoms with Crippen molar-refractivity contribution in [2.75, 3.05) is 32.7 Å². The maximum absolute atomic E-state index is 11.3. The van der Waals surface area contributed by atoms with Crippen LogP contribution >= 0.6 is 0 Å². The van der Waals surface area contributed by atoms with Crippen LogP contribution < -0.4 is 0 Å². The van der Waals surface area contributed by atoms with E-state index in [9.17, 15) is 14.4 Å². The first-order valence-corrected chi connectivity index (χ1v) is 4.42. The average molecular weight is 216 g/mol. The summed E-state index contributed by atoms with van der Waals surface area (Å²) >= 11 is 0. The van der Waals surface area contributed by atoms with Gasteiger partial charge in [0.1, 0.15) is 6.54 Å². The molecule has 0 saturated carbocycles. The fraction of sp³-hybridized carbons (Fsp3) is 0.625. The predicted octanol–water partition coefficient (Wildman–Crippen LogP) is -1.70. The molecule has 7 heteroatoms. The minimum absolute atomic E-state index is 0.0282. The molecule has 0 aliphatic carbocycles. The molecule has 1 rings (SSSR count). The van der Waals surface area contributed by atoms with Crippen molar-refractivity contribution in [2.45, 2.75) is 0 Å². The minimum atomic E-state index is -1.06. The highest BCUT2D eigenvalue weighted by molar-refractivity contribution is 5.83. The van der Waals surface area contributed by atoms with Crippen molar-refractivity contribution in [3.63, 3.8) is 0 Å². The smallest absolute Gasteiger partial charge is 0.323 e. The molecule has 0 aromatic rings. The van der Waals surface area contributed by atoms with E-state index in [0.29, 0.717) is 6.54 Å². The number of carboxylic acids is 2.